The van der Waals surface area contributed by atoms with E-state index in [1.807, 2.05) is 0 Å². The van der Waals surface area contributed by atoms with Crippen molar-refractivity contribution in [3.05, 3.63) is 52.9 Å². The number of piperidine rings is 2. The molecule has 166 valence electrons. The Morgan fingerprint density at radius 2 is 1.87 bits per heavy atom. The smallest absolute Gasteiger partial charge is 0.292 e. The number of nitrogens with two attached hydrogens (primary N) is 1. The molecule has 0 bridgehead atoms. The number of aromatic nitrogens is 1. The summed E-state index contributed by atoms with van der Waals surface area (Å²) in [6, 6.07) is 5.69. The summed E-state index contributed by atoms with van der Waals surface area (Å²) in [4.78, 5) is 28.0. The number of rotatable bonds is 5. The van der Waals surface area contributed by atoms with Crippen molar-refractivity contribution in [3.63, 3.8) is 0 Å². The van der Waals surface area contributed by atoms with E-state index >= 15 is 0 Å². The molecule has 3 heterocycles. The van der Waals surface area contributed by atoms with E-state index in [1.54, 1.807) is 17.0 Å². The molecule has 1 aromatic heterocycles. The average molecular weight is 432 g/mol. The van der Waals surface area contributed by atoms with Crippen LogP contribution in [0.15, 0.2) is 28.8 Å². The van der Waals surface area contributed by atoms with Gasteiger partial charge in [0.25, 0.3) is 5.91 Å². The summed E-state index contributed by atoms with van der Waals surface area (Å²) in [6.45, 7) is 3.01. The Balaban J connectivity index is 1.32. The molecular formula is C22H26F2N4O3. The molecule has 2 N–H and O–H groups in total. The number of halogens is 2. The Morgan fingerprint density at radius 1 is 1.10 bits per heavy atom. The van der Waals surface area contributed by atoms with Gasteiger partial charge in [-0.1, -0.05) is 11.2 Å². The van der Waals surface area contributed by atoms with Gasteiger partial charge in [0.15, 0.2) is 11.6 Å². The van der Waals surface area contributed by atoms with Gasteiger partial charge in [-0.05, 0) is 56.5 Å². The van der Waals surface area contributed by atoms with Crippen LogP contribution >= 0.6 is 0 Å². The Morgan fingerprint density at radius 3 is 2.58 bits per heavy atom. The number of hydrogen-bond acceptors (Lipinski definition) is 5. The summed E-state index contributed by atoms with van der Waals surface area (Å²) < 4.78 is 31.8. The van der Waals surface area contributed by atoms with Gasteiger partial charge in [-0.3, -0.25) is 14.5 Å². The molecule has 0 radical (unpaired) electrons. The molecule has 4 rings (SSSR count). The van der Waals surface area contributed by atoms with Crippen molar-refractivity contribution in [2.45, 2.75) is 38.1 Å². The number of primary amides is 1. The summed E-state index contributed by atoms with van der Waals surface area (Å²) in [7, 11) is 0. The molecule has 9 heteroatoms. The highest BCUT2D eigenvalue weighted by molar-refractivity contribution is 5.92. The predicted octanol–water partition coefficient (Wildman–Crippen LogP) is 2.67. The Bertz CT molecular complexity index is 956. The fraction of sp³-hybridized carbons (Fsp3) is 0.500. The van der Waals surface area contributed by atoms with E-state index in [0.29, 0.717) is 26.1 Å². The zero-order chi connectivity index (χ0) is 22.0. The van der Waals surface area contributed by atoms with Crippen LogP contribution in [-0.2, 0) is 11.3 Å². The van der Waals surface area contributed by atoms with E-state index in [4.69, 9.17) is 10.3 Å². The highest BCUT2D eigenvalue weighted by Crippen LogP contribution is 2.29. The number of carbonyl (C=O) groups is 2. The monoisotopic (exact) mass is 432 g/mol. The summed E-state index contributed by atoms with van der Waals surface area (Å²) in [5.41, 5.74) is 6.88. The zero-order valence-electron chi connectivity index (χ0n) is 17.2. The van der Waals surface area contributed by atoms with Crippen molar-refractivity contribution in [2.75, 3.05) is 26.2 Å². The van der Waals surface area contributed by atoms with Gasteiger partial charge < -0.3 is 15.2 Å². The number of carbonyl (C=O) groups excluding carboxylic acids is 2. The van der Waals surface area contributed by atoms with E-state index < -0.39 is 11.6 Å². The highest BCUT2D eigenvalue weighted by Gasteiger charge is 2.31. The van der Waals surface area contributed by atoms with E-state index in [1.165, 1.54) is 6.07 Å². The van der Waals surface area contributed by atoms with Crippen molar-refractivity contribution in [1.82, 2.24) is 15.0 Å². The molecule has 31 heavy (non-hydrogen) atoms. The minimum atomic E-state index is -0.839. The lowest BCUT2D eigenvalue weighted by Gasteiger charge is -2.31. The Hall–Kier alpha value is -2.81. The van der Waals surface area contributed by atoms with Gasteiger partial charge in [0.2, 0.25) is 11.7 Å². The van der Waals surface area contributed by atoms with Crippen LogP contribution in [-0.4, -0.2) is 52.9 Å². The molecule has 1 unspecified atom stereocenters. The van der Waals surface area contributed by atoms with Crippen LogP contribution < -0.4 is 5.73 Å². The number of nitrogens with zero attached hydrogens (tertiary/aromatic N) is 3. The summed E-state index contributed by atoms with van der Waals surface area (Å²) in [5.74, 6) is -2.28. The number of hydrogen-bond donors (Lipinski definition) is 1. The third-order valence-electron chi connectivity index (χ3n) is 6.25. The third-order valence-corrected chi connectivity index (χ3v) is 6.25. The maximum atomic E-state index is 13.4. The largest absolute Gasteiger partial charge is 0.369 e. The quantitative estimate of drug-likeness (QED) is 0.784. The van der Waals surface area contributed by atoms with Crippen LogP contribution in [0.25, 0.3) is 0 Å². The molecule has 0 spiro atoms. The maximum Gasteiger partial charge on any atom is 0.292 e. The Labute approximate surface area is 179 Å². The van der Waals surface area contributed by atoms with Crippen LogP contribution in [0.3, 0.4) is 0 Å². The summed E-state index contributed by atoms with van der Waals surface area (Å²) >= 11 is 0. The van der Waals surface area contributed by atoms with E-state index in [9.17, 15) is 18.4 Å². The standard InChI is InChI=1S/C22H26F2N4O3/c23-17-4-3-14(10-18(17)24)12-27-8-5-15(6-9-27)19-11-20(31-26-19)22(30)28-7-1-2-16(13-28)21(25)29/h3-4,10-11,15-16H,1-2,5-9,12-13H2,(H2,25,29). The van der Waals surface area contributed by atoms with Gasteiger partial charge in [-0.2, -0.15) is 0 Å². The summed E-state index contributed by atoms with van der Waals surface area (Å²) in [5, 5.41) is 4.12. The first-order valence-corrected chi connectivity index (χ1v) is 10.6. The molecule has 2 amide bonds. The normalized spacial score (nSPS) is 20.7. The van der Waals surface area contributed by atoms with Gasteiger partial charge in [0.1, 0.15) is 0 Å². The van der Waals surface area contributed by atoms with Crippen LogP contribution in [0, 0.1) is 17.6 Å². The van der Waals surface area contributed by atoms with Crippen molar-refractivity contribution >= 4 is 11.8 Å². The molecule has 2 saturated heterocycles. The topological polar surface area (TPSA) is 92.7 Å². The average Bonchev–Trinajstić information content (AvgIpc) is 3.26. The molecule has 2 fully saturated rings. The highest BCUT2D eigenvalue weighted by atomic mass is 19.2. The van der Waals surface area contributed by atoms with Crippen molar-refractivity contribution in [3.8, 4) is 0 Å². The number of benzene rings is 1. The second kappa shape index (κ2) is 9.13. The van der Waals surface area contributed by atoms with Gasteiger partial charge in [0.05, 0.1) is 11.6 Å². The minimum Gasteiger partial charge on any atom is -0.369 e. The molecule has 7 nitrogen and oxygen atoms in total. The van der Waals surface area contributed by atoms with Gasteiger partial charge in [-0.15, -0.1) is 0 Å². The fourth-order valence-electron chi connectivity index (χ4n) is 4.41. The first kappa shape index (κ1) is 21.4. The van der Waals surface area contributed by atoms with Crippen LogP contribution in [0.5, 0.6) is 0 Å². The second-order valence-electron chi connectivity index (χ2n) is 8.41. The van der Waals surface area contributed by atoms with Crippen LogP contribution in [0.1, 0.15) is 53.4 Å². The van der Waals surface area contributed by atoms with Gasteiger partial charge in [0, 0.05) is 31.6 Å². The SMILES string of the molecule is NC(=O)C1CCCN(C(=O)c2cc(C3CCN(Cc4ccc(F)c(F)c4)CC3)no2)C1. The third kappa shape index (κ3) is 4.92. The van der Waals surface area contributed by atoms with E-state index in [-0.39, 0.29) is 29.4 Å². The summed E-state index contributed by atoms with van der Waals surface area (Å²) in [6.07, 6.45) is 3.09. The van der Waals surface area contributed by atoms with Crippen molar-refractivity contribution < 1.29 is 22.9 Å². The predicted molar refractivity (Wildman–Crippen MR) is 108 cm³/mol. The molecular weight excluding hydrogens is 406 g/mol. The number of likely N-dealkylation sites (tertiary alicyclic amines) is 2. The molecule has 2 aromatic rings. The van der Waals surface area contributed by atoms with Gasteiger partial charge in [-0.25, -0.2) is 8.78 Å². The maximum absolute atomic E-state index is 13.4. The van der Waals surface area contributed by atoms with Crippen molar-refractivity contribution in [1.29, 1.82) is 0 Å². The number of amides is 2. The lowest BCUT2D eigenvalue weighted by atomic mass is 9.93. The second-order valence-corrected chi connectivity index (χ2v) is 8.41. The minimum absolute atomic E-state index is 0.172. The lowest BCUT2D eigenvalue weighted by Crippen LogP contribution is -2.44. The molecule has 0 aliphatic carbocycles. The van der Waals surface area contributed by atoms with Crippen LogP contribution in [0.2, 0.25) is 0 Å². The lowest BCUT2D eigenvalue weighted by molar-refractivity contribution is -0.123. The fourth-order valence-corrected chi connectivity index (χ4v) is 4.41. The van der Waals surface area contributed by atoms with E-state index in [0.717, 1.165) is 49.7 Å². The van der Waals surface area contributed by atoms with Gasteiger partial charge >= 0.3 is 0 Å². The molecule has 1 aromatic carbocycles. The first-order valence-electron chi connectivity index (χ1n) is 10.6. The molecule has 0 saturated carbocycles. The molecule has 1 atom stereocenters. The van der Waals surface area contributed by atoms with Crippen LogP contribution in [0.4, 0.5) is 8.78 Å². The van der Waals surface area contributed by atoms with E-state index in [2.05, 4.69) is 10.1 Å². The zero-order valence-corrected chi connectivity index (χ0v) is 17.2. The molecule has 2 aliphatic heterocycles. The van der Waals surface area contributed by atoms with Crippen molar-refractivity contribution in [2.24, 2.45) is 11.7 Å². The molecule has 2 aliphatic rings. The Kier molecular flexibility index (Phi) is 6.31. The first-order chi connectivity index (χ1) is 14.9.